The van der Waals surface area contributed by atoms with Crippen LogP contribution in [0.15, 0.2) is 18.2 Å². The number of hydrogen-bond donors (Lipinski definition) is 1. The number of carboxylic acid groups (broad SMARTS) is 1. The molecule has 1 aliphatic carbocycles. The average molecular weight is 248 g/mol. The van der Waals surface area contributed by atoms with Crippen molar-refractivity contribution in [2.45, 2.75) is 32.6 Å². The van der Waals surface area contributed by atoms with Crippen LogP contribution >= 0.6 is 0 Å². The predicted octanol–water partition coefficient (Wildman–Crippen LogP) is 3.08. The molecule has 0 aliphatic heterocycles. The molecule has 2 rings (SSSR count). The van der Waals surface area contributed by atoms with Crippen molar-refractivity contribution in [1.82, 2.24) is 0 Å². The Labute approximate surface area is 108 Å². The van der Waals surface area contributed by atoms with Gasteiger partial charge in [-0.2, -0.15) is 0 Å². The highest BCUT2D eigenvalue weighted by Crippen LogP contribution is 2.42. The first-order valence-corrected chi connectivity index (χ1v) is 6.42. The summed E-state index contributed by atoms with van der Waals surface area (Å²) in [6.07, 6.45) is 1.60. The minimum Gasteiger partial charge on any atom is -0.496 e. The Morgan fingerprint density at radius 2 is 2.22 bits per heavy atom. The Hall–Kier alpha value is -1.51. The largest absolute Gasteiger partial charge is 0.496 e. The number of hydrogen-bond acceptors (Lipinski definition) is 2. The fourth-order valence-corrected chi connectivity index (χ4v) is 2.38. The maximum atomic E-state index is 10.9. The molecule has 2 atom stereocenters. The van der Waals surface area contributed by atoms with Crippen LogP contribution in [0, 0.1) is 11.8 Å². The van der Waals surface area contributed by atoms with Gasteiger partial charge in [0, 0.05) is 0 Å². The SMILES string of the molecule is COc1ccc(C(C)C)cc1CC1CC1C(=O)O. The summed E-state index contributed by atoms with van der Waals surface area (Å²) in [5, 5.41) is 8.94. The van der Waals surface area contributed by atoms with E-state index in [0.29, 0.717) is 5.92 Å². The molecule has 1 saturated carbocycles. The molecule has 0 aromatic heterocycles. The first-order chi connectivity index (χ1) is 8.52. The van der Waals surface area contributed by atoms with E-state index >= 15 is 0 Å². The molecule has 0 amide bonds. The Morgan fingerprint density at radius 3 is 2.72 bits per heavy atom. The lowest BCUT2D eigenvalue weighted by Gasteiger charge is -2.12. The van der Waals surface area contributed by atoms with Crippen molar-refractivity contribution >= 4 is 5.97 Å². The number of carboxylic acids is 1. The standard InChI is InChI=1S/C15H20O3/c1-9(2)10-4-5-14(18-3)12(6-10)7-11-8-13(11)15(16)17/h4-6,9,11,13H,7-8H2,1-3H3,(H,16,17). The summed E-state index contributed by atoms with van der Waals surface area (Å²) in [5.74, 6) is 0.801. The molecule has 1 aromatic carbocycles. The molecule has 1 fully saturated rings. The molecule has 0 radical (unpaired) electrons. The molecule has 0 spiro atoms. The van der Waals surface area contributed by atoms with E-state index in [0.717, 1.165) is 24.2 Å². The summed E-state index contributed by atoms with van der Waals surface area (Å²) in [7, 11) is 1.66. The van der Waals surface area contributed by atoms with E-state index < -0.39 is 5.97 Å². The highest BCUT2D eigenvalue weighted by atomic mass is 16.5. The molecule has 3 heteroatoms. The Balaban J connectivity index is 2.15. The molecule has 0 bridgehead atoms. The van der Waals surface area contributed by atoms with Gasteiger partial charge < -0.3 is 9.84 Å². The summed E-state index contributed by atoms with van der Waals surface area (Å²) >= 11 is 0. The van der Waals surface area contributed by atoms with E-state index in [9.17, 15) is 4.79 Å². The van der Waals surface area contributed by atoms with Crippen molar-refractivity contribution < 1.29 is 14.6 Å². The molecule has 1 aliphatic rings. The summed E-state index contributed by atoms with van der Waals surface area (Å²) in [6, 6.07) is 6.22. The molecule has 0 heterocycles. The maximum absolute atomic E-state index is 10.9. The third kappa shape index (κ3) is 2.66. The van der Waals surface area contributed by atoms with Crippen LogP contribution in [0.1, 0.15) is 37.3 Å². The van der Waals surface area contributed by atoms with Gasteiger partial charge in [0.2, 0.25) is 0 Å². The molecule has 1 aromatic rings. The van der Waals surface area contributed by atoms with Crippen LogP contribution < -0.4 is 4.74 Å². The van der Waals surface area contributed by atoms with Crippen molar-refractivity contribution in [2.24, 2.45) is 11.8 Å². The zero-order valence-corrected chi connectivity index (χ0v) is 11.1. The van der Waals surface area contributed by atoms with Crippen molar-refractivity contribution in [2.75, 3.05) is 7.11 Å². The van der Waals surface area contributed by atoms with Crippen molar-refractivity contribution in [1.29, 1.82) is 0 Å². The van der Waals surface area contributed by atoms with E-state index in [-0.39, 0.29) is 11.8 Å². The van der Waals surface area contributed by atoms with Crippen molar-refractivity contribution in [3.63, 3.8) is 0 Å². The molecule has 98 valence electrons. The van der Waals surface area contributed by atoms with Crippen LogP contribution in [0.5, 0.6) is 5.75 Å². The molecular weight excluding hydrogens is 228 g/mol. The van der Waals surface area contributed by atoms with E-state index in [4.69, 9.17) is 9.84 Å². The van der Waals surface area contributed by atoms with Gasteiger partial charge in [0.1, 0.15) is 5.75 Å². The Morgan fingerprint density at radius 1 is 1.50 bits per heavy atom. The molecule has 3 nitrogen and oxygen atoms in total. The second kappa shape index (κ2) is 5.01. The fourth-order valence-electron chi connectivity index (χ4n) is 2.38. The number of rotatable bonds is 5. The topological polar surface area (TPSA) is 46.5 Å². The van der Waals surface area contributed by atoms with Crippen LogP contribution in [0.4, 0.5) is 0 Å². The van der Waals surface area contributed by atoms with Gasteiger partial charge in [-0.1, -0.05) is 26.0 Å². The zero-order valence-electron chi connectivity index (χ0n) is 11.1. The third-order valence-corrected chi connectivity index (χ3v) is 3.69. The molecule has 0 saturated heterocycles. The molecular formula is C15H20O3. The van der Waals surface area contributed by atoms with Crippen molar-refractivity contribution in [3.8, 4) is 5.75 Å². The summed E-state index contributed by atoms with van der Waals surface area (Å²) in [4.78, 5) is 10.9. The lowest BCUT2D eigenvalue weighted by Crippen LogP contribution is -2.03. The smallest absolute Gasteiger partial charge is 0.306 e. The second-order valence-corrected chi connectivity index (χ2v) is 5.37. The lowest BCUT2D eigenvalue weighted by atomic mass is 9.97. The van der Waals surface area contributed by atoms with Gasteiger partial charge in [-0.3, -0.25) is 4.79 Å². The second-order valence-electron chi connectivity index (χ2n) is 5.37. The number of carbonyl (C=O) groups is 1. The highest BCUT2D eigenvalue weighted by Gasteiger charge is 2.43. The monoisotopic (exact) mass is 248 g/mol. The van der Waals surface area contributed by atoms with Gasteiger partial charge in [0.25, 0.3) is 0 Å². The maximum Gasteiger partial charge on any atom is 0.306 e. The zero-order chi connectivity index (χ0) is 13.3. The molecule has 1 N–H and O–H groups in total. The summed E-state index contributed by atoms with van der Waals surface area (Å²) in [5.41, 5.74) is 2.41. The molecule has 2 unspecified atom stereocenters. The third-order valence-electron chi connectivity index (χ3n) is 3.69. The lowest BCUT2D eigenvalue weighted by molar-refractivity contribution is -0.138. The van der Waals surface area contributed by atoms with Gasteiger partial charge in [-0.15, -0.1) is 0 Å². The normalized spacial score (nSPS) is 22.0. The number of aliphatic carboxylic acids is 1. The minimum absolute atomic E-state index is 0.155. The van der Waals surface area contributed by atoms with E-state index in [1.165, 1.54) is 5.56 Å². The first-order valence-electron chi connectivity index (χ1n) is 6.42. The Bertz CT molecular complexity index is 451. The average Bonchev–Trinajstić information content (AvgIpc) is 3.08. The van der Waals surface area contributed by atoms with Crippen LogP contribution in [0.2, 0.25) is 0 Å². The van der Waals surface area contributed by atoms with Gasteiger partial charge in [-0.25, -0.2) is 0 Å². The van der Waals surface area contributed by atoms with Crippen LogP contribution in [-0.4, -0.2) is 18.2 Å². The summed E-state index contributed by atoms with van der Waals surface area (Å²) < 4.78 is 5.36. The van der Waals surface area contributed by atoms with E-state index in [2.05, 4.69) is 26.0 Å². The van der Waals surface area contributed by atoms with Crippen LogP contribution in [-0.2, 0) is 11.2 Å². The fraction of sp³-hybridized carbons (Fsp3) is 0.533. The number of ether oxygens (including phenoxy) is 1. The quantitative estimate of drug-likeness (QED) is 0.871. The van der Waals surface area contributed by atoms with Crippen molar-refractivity contribution in [3.05, 3.63) is 29.3 Å². The minimum atomic E-state index is -0.668. The Kier molecular flexibility index (Phi) is 3.60. The van der Waals surface area contributed by atoms with Gasteiger partial charge >= 0.3 is 5.97 Å². The van der Waals surface area contributed by atoms with Gasteiger partial charge in [-0.05, 0) is 41.9 Å². The van der Waals surface area contributed by atoms with Gasteiger partial charge in [0.05, 0.1) is 13.0 Å². The predicted molar refractivity (Wildman–Crippen MR) is 70.0 cm³/mol. The number of benzene rings is 1. The molecule has 18 heavy (non-hydrogen) atoms. The van der Waals surface area contributed by atoms with E-state index in [1.54, 1.807) is 7.11 Å². The summed E-state index contributed by atoms with van der Waals surface area (Å²) in [6.45, 7) is 4.31. The van der Waals surface area contributed by atoms with Crippen LogP contribution in [0.3, 0.4) is 0 Å². The first kappa shape index (κ1) is 12.9. The van der Waals surface area contributed by atoms with E-state index in [1.807, 2.05) is 6.07 Å². The highest BCUT2D eigenvalue weighted by molar-refractivity contribution is 5.73. The number of methoxy groups -OCH3 is 1. The van der Waals surface area contributed by atoms with Gasteiger partial charge in [0.15, 0.2) is 0 Å². The van der Waals surface area contributed by atoms with Crippen LogP contribution in [0.25, 0.3) is 0 Å².